The highest BCUT2D eigenvalue weighted by Gasteiger charge is 2.51. The van der Waals surface area contributed by atoms with Gasteiger partial charge in [-0.25, -0.2) is 4.79 Å². The van der Waals surface area contributed by atoms with Crippen molar-refractivity contribution in [1.82, 2.24) is 0 Å². The lowest BCUT2D eigenvalue weighted by Gasteiger charge is -2.43. The second-order valence-electron chi connectivity index (χ2n) is 10.2. The molecular weight excluding hydrogens is 548 g/mol. The molecule has 11 heteroatoms. The summed E-state index contributed by atoms with van der Waals surface area (Å²) in [5.41, 5.74) is -0.672. The first-order chi connectivity index (χ1) is 20.0. The number of aromatic hydroxyl groups is 1. The molecule has 0 fully saturated rings. The van der Waals surface area contributed by atoms with Crippen LogP contribution in [0.4, 0.5) is 0 Å². The quantitative estimate of drug-likeness (QED) is 0.392. The Morgan fingerprint density at radius 1 is 0.929 bits per heavy atom. The number of carbonyl (C=O) groups excluding carboxylic acids is 2. The number of carbonyl (C=O) groups is 2. The van der Waals surface area contributed by atoms with Gasteiger partial charge in [0.1, 0.15) is 11.7 Å². The van der Waals surface area contributed by atoms with Crippen LogP contribution in [0.3, 0.4) is 0 Å². The Balaban J connectivity index is 1.90. The number of esters is 2. The van der Waals surface area contributed by atoms with Crippen molar-refractivity contribution < 1.29 is 53.0 Å². The van der Waals surface area contributed by atoms with Crippen LogP contribution in [0.1, 0.15) is 54.5 Å². The Morgan fingerprint density at radius 2 is 1.62 bits per heavy atom. The number of rotatable bonds is 6. The lowest BCUT2D eigenvalue weighted by Crippen LogP contribution is -2.46. The summed E-state index contributed by atoms with van der Waals surface area (Å²) >= 11 is 0. The number of aliphatic hydroxyl groups is 1. The molecule has 1 heterocycles. The number of methoxy groups -OCH3 is 3. The number of hydrogen-bond donors (Lipinski definition) is 2. The van der Waals surface area contributed by atoms with Gasteiger partial charge in [0.05, 0.1) is 26.9 Å². The van der Waals surface area contributed by atoms with E-state index in [4.69, 9.17) is 33.2 Å². The van der Waals surface area contributed by atoms with Crippen molar-refractivity contribution in [2.24, 2.45) is 5.92 Å². The van der Waals surface area contributed by atoms with Crippen molar-refractivity contribution in [3.63, 3.8) is 0 Å². The number of fused-ring (bicyclic) bond motifs is 4. The molecule has 2 N–H and O–H groups in total. The van der Waals surface area contributed by atoms with Crippen LogP contribution in [-0.4, -0.2) is 55.9 Å². The van der Waals surface area contributed by atoms with Crippen molar-refractivity contribution in [3.05, 3.63) is 59.2 Å². The number of hydrogen-bond acceptors (Lipinski definition) is 11. The average Bonchev–Trinajstić information content (AvgIpc) is 3.46. The predicted molar refractivity (Wildman–Crippen MR) is 148 cm³/mol. The first-order valence-electron chi connectivity index (χ1n) is 13.2. The fourth-order valence-electron chi connectivity index (χ4n) is 5.57. The maximum atomic E-state index is 13.4. The summed E-state index contributed by atoms with van der Waals surface area (Å²) in [6, 6.07) is 11.5. The summed E-state index contributed by atoms with van der Waals surface area (Å²) in [6.45, 7) is 4.21. The van der Waals surface area contributed by atoms with Gasteiger partial charge in [0.2, 0.25) is 18.3 Å². The van der Waals surface area contributed by atoms with Crippen molar-refractivity contribution in [3.8, 4) is 45.6 Å². The Hall–Kier alpha value is -4.64. The first kappa shape index (κ1) is 28.9. The molecule has 2 aliphatic rings. The third-order valence-corrected chi connectivity index (χ3v) is 7.80. The summed E-state index contributed by atoms with van der Waals surface area (Å²) < 4.78 is 40.1. The second-order valence-corrected chi connectivity index (χ2v) is 10.2. The van der Waals surface area contributed by atoms with Gasteiger partial charge >= 0.3 is 11.9 Å². The monoisotopic (exact) mass is 580 g/mol. The number of ether oxygens (including phenoxy) is 7. The highest BCUT2D eigenvalue weighted by atomic mass is 16.7. The highest BCUT2D eigenvalue weighted by molar-refractivity contribution is 5.91. The number of phenolic OH excluding ortho intramolecular Hbond substituents is 1. The molecule has 222 valence electrons. The molecule has 0 bridgehead atoms. The lowest BCUT2D eigenvalue weighted by molar-refractivity contribution is -0.176. The van der Waals surface area contributed by atoms with Crippen molar-refractivity contribution in [2.45, 2.75) is 38.6 Å². The molecule has 0 spiro atoms. The van der Waals surface area contributed by atoms with Gasteiger partial charge in [0, 0.05) is 35.1 Å². The van der Waals surface area contributed by atoms with E-state index in [1.165, 1.54) is 35.2 Å². The van der Waals surface area contributed by atoms with Gasteiger partial charge in [-0.15, -0.1) is 0 Å². The smallest absolute Gasteiger partial charge is 0.338 e. The van der Waals surface area contributed by atoms with E-state index in [1.807, 2.05) is 0 Å². The molecule has 4 atom stereocenters. The minimum Gasteiger partial charge on any atom is -0.504 e. The third kappa shape index (κ3) is 4.59. The van der Waals surface area contributed by atoms with Crippen molar-refractivity contribution in [1.29, 1.82) is 0 Å². The van der Waals surface area contributed by atoms with Gasteiger partial charge < -0.3 is 43.4 Å². The molecule has 1 aliphatic heterocycles. The standard InChI is InChI=1S/C31H32O11/c1-15-25(42-30(34)17-10-8-7-9-11-17)18-12-21-26(40-14-39-21)24(33)22(18)23-19(29(31(15,3)35)41-16(2)32)13-20(36-4)27(37-5)28(23)38-6/h7-13,15,25,29,33,35H,14H2,1-6H3. The van der Waals surface area contributed by atoms with Gasteiger partial charge in [-0.3, -0.25) is 4.79 Å². The van der Waals surface area contributed by atoms with E-state index in [9.17, 15) is 19.8 Å². The lowest BCUT2D eigenvalue weighted by atomic mass is 9.71. The van der Waals surface area contributed by atoms with Crippen LogP contribution < -0.4 is 23.7 Å². The fraction of sp³-hybridized carbons (Fsp3) is 0.355. The first-order valence-corrected chi connectivity index (χ1v) is 13.2. The van der Waals surface area contributed by atoms with Gasteiger partial charge in [-0.2, -0.15) is 0 Å². The van der Waals surface area contributed by atoms with Crippen LogP contribution in [0, 0.1) is 5.92 Å². The zero-order valence-corrected chi connectivity index (χ0v) is 24.0. The number of benzene rings is 3. The van der Waals surface area contributed by atoms with Gasteiger partial charge in [-0.1, -0.05) is 25.1 Å². The Labute approximate surface area is 242 Å². The van der Waals surface area contributed by atoms with E-state index in [-0.39, 0.29) is 63.5 Å². The molecule has 3 aromatic rings. The molecule has 42 heavy (non-hydrogen) atoms. The molecule has 1 aliphatic carbocycles. The Kier molecular flexibility index (Phi) is 7.55. The zero-order chi connectivity index (χ0) is 30.3. The van der Waals surface area contributed by atoms with Crippen LogP contribution in [0.25, 0.3) is 11.1 Å². The molecule has 0 saturated carbocycles. The van der Waals surface area contributed by atoms with Gasteiger partial charge in [0.15, 0.2) is 29.1 Å². The third-order valence-electron chi connectivity index (χ3n) is 7.80. The van der Waals surface area contributed by atoms with Crippen LogP contribution in [0.15, 0.2) is 42.5 Å². The summed E-state index contributed by atoms with van der Waals surface area (Å²) in [5, 5.41) is 23.9. The molecule has 0 radical (unpaired) electrons. The highest BCUT2D eigenvalue weighted by Crippen LogP contribution is 2.61. The SMILES string of the molecule is COc1cc2c(c(OC)c1OC)-c1c(cc3c(c1O)OCO3)C(OC(=O)c1ccccc1)C(C)C(C)(O)C2OC(C)=O. The minimum atomic E-state index is -1.85. The van der Waals surface area contributed by atoms with E-state index < -0.39 is 35.7 Å². The second kappa shape index (κ2) is 11.0. The van der Waals surface area contributed by atoms with Crippen LogP contribution in [0.5, 0.6) is 34.5 Å². The molecule has 5 rings (SSSR count). The molecule has 11 nitrogen and oxygen atoms in total. The number of phenols is 1. The molecule has 4 unspecified atom stereocenters. The molecule has 0 aromatic heterocycles. The van der Waals surface area contributed by atoms with Crippen LogP contribution in [-0.2, 0) is 14.3 Å². The van der Waals surface area contributed by atoms with E-state index in [0.29, 0.717) is 5.56 Å². The minimum absolute atomic E-state index is 0.0636. The topological polar surface area (TPSA) is 139 Å². The normalized spacial score (nSPS) is 22.1. The van der Waals surface area contributed by atoms with Gasteiger partial charge in [-0.05, 0) is 31.2 Å². The summed E-state index contributed by atoms with van der Waals surface area (Å²) in [7, 11) is 4.24. The molecule has 0 saturated heterocycles. The molecular formula is C31H32O11. The van der Waals surface area contributed by atoms with E-state index in [1.54, 1.807) is 49.4 Å². The maximum absolute atomic E-state index is 13.4. The van der Waals surface area contributed by atoms with Gasteiger partial charge in [0.25, 0.3) is 0 Å². The molecule has 0 amide bonds. The summed E-state index contributed by atoms with van der Waals surface area (Å²) in [4.78, 5) is 25.9. The summed E-state index contributed by atoms with van der Waals surface area (Å²) in [6.07, 6.45) is -2.53. The fourth-order valence-corrected chi connectivity index (χ4v) is 5.57. The van der Waals surface area contributed by atoms with E-state index >= 15 is 0 Å². The molecule has 3 aromatic carbocycles. The summed E-state index contributed by atoms with van der Waals surface area (Å²) in [5.74, 6) is -1.81. The van der Waals surface area contributed by atoms with E-state index in [2.05, 4.69) is 0 Å². The average molecular weight is 581 g/mol. The van der Waals surface area contributed by atoms with E-state index in [0.717, 1.165) is 0 Å². The predicted octanol–water partition coefficient (Wildman–Crippen LogP) is 4.72. The largest absolute Gasteiger partial charge is 0.504 e. The maximum Gasteiger partial charge on any atom is 0.338 e. The zero-order valence-electron chi connectivity index (χ0n) is 24.0. The van der Waals surface area contributed by atoms with Crippen molar-refractivity contribution >= 4 is 11.9 Å². The Morgan fingerprint density at radius 3 is 2.24 bits per heavy atom. The van der Waals surface area contributed by atoms with Crippen molar-refractivity contribution in [2.75, 3.05) is 28.1 Å². The Bertz CT molecular complexity index is 1530. The van der Waals surface area contributed by atoms with Crippen LogP contribution in [0.2, 0.25) is 0 Å². The van der Waals surface area contributed by atoms with Crippen LogP contribution >= 0.6 is 0 Å².